The van der Waals surface area contributed by atoms with Crippen LogP contribution >= 0.6 is 0 Å². The number of nitrogens with two attached hydrogens (primary N) is 1. The molecule has 0 amide bonds. The SMILES string of the molecule is CC(C)C(CN)C(=O)c1ccc2nc[nH]c2c1. The summed E-state index contributed by atoms with van der Waals surface area (Å²) in [6.45, 7) is 4.42. The largest absolute Gasteiger partial charge is 0.345 e. The minimum atomic E-state index is -0.115. The Labute approximate surface area is 100 Å². The molecule has 2 aromatic rings. The van der Waals surface area contributed by atoms with Crippen molar-refractivity contribution in [2.75, 3.05) is 6.54 Å². The number of carbonyl (C=O) groups excluding carboxylic acids is 1. The third-order valence-corrected chi connectivity index (χ3v) is 3.10. The third-order valence-electron chi connectivity index (χ3n) is 3.10. The van der Waals surface area contributed by atoms with Crippen molar-refractivity contribution in [2.45, 2.75) is 13.8 Å². The topological polar surface area (TPSA) is 71.8 Å². The van der Waals surface area contributed by atoms with Crippen LogP contribution in [0.25, 0.3) is 11.0 Å². The zero-order valence-electron chi connectivity index (χ0n) is 10.1. The van der Waals surface area contributed by atoms with Gasteiger partial charge in [0.1, 0.15) is 0 Å². The van der Waals surface area contributed by atoms with E-state index in [0.29, 0.717) is 12.1 Å². The molecule has 0 aliphatic heterocycles. The quantitative estimate of drug-likeness (QED) is 0.790. The van der Waals surface area contributed by atoms with Gasteiger partial charge in [-0.3, -0.25) is 4.79 Å². The maximum Gasteiger partial charge on any atom is 0.167 e. The second kappa shape index (κ2) is 4.67. The number of fused-ring (bicyclic) bond motifs is 1. The first-order chi connectivity index (χ1) is 8.13. The zero-order chi connectivity index (χ0) is 12.4. The maximum atomic E-state index is 12.3. The first-order valence-corrected chi connectivity index (χ1v) is 5.81. The molecule has 17 heavy (non-hydrogen) atoms. The van der Waals surface area contributed by atoms with Crippen LogP contribution in [-0.4, -0.2) is 22.3 Å². The minimum Gasteiger partial charge on any atom is -0.345 e. The maximum absolute atomic E-state index is 12.3. The molecule has 1 unspecified atom stereocenters. The van der Waals surface area contributed by atoms with Crippen molar-refractivity contribution in [3.8, 4) is 0 Å². The number of nitrogens with zero attached hydrogens (tertiary/aromatic N) is 1. The van der Waals surface area contributed by atoms with Crippen LogP contribution in [0.15, 0.2) is 24.5 Å². The van der Waals surface area contributed by atoms with Crippen molar-refractivity contribution >= 4 is 16.8 Å². The van der Waals surface area contributed by atoms with Gasteiger partial charge < -0.3 is 10.7 Å². The summed E-state index contributed by atoms with van der Waals surface area (Å²) in [5.41, 5.74) is 8.12. The standard InChI is InChI=1S/C13H17N3O/c1-8(2)10(6-14)13(17)9-3-4-11-12(5-9)16-7-15-11/h3-5,7-8,10H,6,14H2,1-2H3,(H,15,16). The van der Waals surface area contributed by atoms with Crippen LogP contribution in [0, 0.1) is 11.8 Å². The van der Waals surface area contributed by atoms with E-state index in [1.54, 1.807) is 6.33 Å². The number of rotatable bonds is 4. The molecule has 0 aliphatic carbocycles. The first kappa shape index (κ1) is 11.8. The van der Waals surface area contributed by atoms with Gasteiger partial charge in [0.2, 0.25) is 0 Å². The van der Waals surface area contributed by atoms with Gasteiger partial charge in [0.05, 0.1) is 17.4 Å². The normalized spacial score (nSPS) is 13.2. The van der Waals surface area contributed by atoms with Gasteiger partial charge in [0.15, 0.2) is 5.78 Å². The van der Waals surface area contributed by atoms with Crippen molar-refractivity contribution in [3.05, 3.63) is 30.1 Å². The molecule has 0 bridgehead atoms. The summed E-state index contributed by atoms with van der Waals surface area (Å²) in [4.78, 5) is 19.4. The summed E-state index contributed by atoms with van der Waals surface area (Å²) in [7, 11) is 0. The highest BCUT2D eigenvalue weighted by molar-refractivity contribution is 6.00. The van der Waals surface area contributed by atoms with E-state index in [4.69, 9.17) is 5.73 Å². The molecule has 0 aliphatic rings. The Morgan fingerprint density at radius 3 is 2.88 bits per heavy atom. The molecule has 4 heteroatoms. The summed E-state index contributed by atoms with van der Waals surface area (Å²) in [6, 6.07) is 5.51. The number of benzene rings is 1. The number of imidazole rings is 1. The molecule has 0 saturated carbocycles. The number of ketones is 1. The van der Waals surface area contributed by atoms with E-state index in [1.165, 1.54) is 0 Å². The van der Waals surface area contributed by atoms with Crippen molar-refractivity contribution in [1.29, 1.82) is 0 Å². The summed E-state index contributed by atoms with van der Waals surface area (Å²) >= 11 is 0. The molecule has 4 nitrogen and oxygen atoms in total. The Morgan fingerprint density at radius 2 is 2.24 bits per heavy atom. The van der Waals surface area contributed by atoms with Gasteiger partial charge in [-0.1, -0.05) is 13.8 Å². The number of hydrogen-bond donors (Lipinski definition) is 2. The molecule has 1 heterocycles. The van der Waals surface area contributed by atoms with Crippen LogP contribution in [0.5, 0.6) is 0 Å². The Balaban J connectivity index is 2.35. The van der Waals surface area contributed by atoms with Crippen LogP contribution < -0.4 is 5.73 Å². The van der Waals surface area contributed by atoms with E-state index in [1.807, 2.05) is 32.0 Å². The van der Waals surface area contributed by atoms with Crippen molar-refractivity contribution in [1.82, 2.24) is 9.97 Å². The van der Waals surface area contributed by atoms with E-state index in [-0.39, 0.29) is 17.6 Å². The highest BCUT2D eigenvalue weighted by Crippen LogP contribution is 2.19. The highest BCUT2D eigenvalue weighted by atomic mass is 16.1. The van der Waals surface area contributed by atoms with Crippen LogP contribution in [-0.2, 0) is 0 Å². The molecular formula is C13H17N3O. The van der Waals surface area contributed by atoms with Gasteiger partial charge >= 0.3 is 0 Å². The number of aromatic amines is 1. The van der Waals surface area contributed by atoms with Crippen LogP contribution in [0.2, 0.25) is 0 Å². The summed E-state index contributed by atoms with van der Waals surface area (Å²) < 4.78 is 0. The lowest BCUT2D eigenvalue weighted by molar-refractivity contribution is 0.0892. The van der Waals surface area contributed by atoms with Gasteiger partial charge in [0, 0.05) is 18.0 Å². The minimum absolute atomic E-state index is 0.110. The number of carbonyl (C=O) groups is 1. The van der Waals surface area contributed by atoms with Crippen molar-refractivity contribution in [3.63, 3.8) is 0 Å². The van der Waals surface area contributed by atoms with Crippen LogP contribution in [0.3, 0.4) is 0 Å². The van der Waals surface area contributed by atoms with E-state index >= 15 is 0 Å². The van der Waals surface area contributed by atoms with Crippen molar-refractivity contribution < 1.29 is 4.79 Å². The molecule has 1 aromatic heterocycles. The fourth-order valence-electron chi connectivity index (χ4n) is 1.98. The molecule has 90 valence electrons. The van der Waals surface area contributed by atoms with E-state index < -0.39 is 0 Å². The molecule has 0 spiro atoms. The lowest BCUT2D eigenvalue weighted by Gasteiger charge is -2.17. The average molecular weight is 231 g/mol. The average Bonchev–Trinajstić information content (AvgIpc) is 2.75. The lowest BCUT2D eigenvalue weighted by atomic mass is 9.88. The number of Topliss-reactive ketones (excluding diaryl/α,β-unsaturated/α-hetero) is 1. The Kier molecular flexibility index (Phi) is 3.24. The molecule has 1 aromatic carbocycles. The number of H-pyrrole nitrogens is 1. The first-order valence-electron chi connectivity index (χ1n) is 5.81. The van der Waals surface area contributed by atoms with Crippen LogP contribution in [0.1, 0.15) is 24.2 Å². The zero-order valence-corrected chi connectivity index (χ0v) is 10.1. The second-order valence-electron chi connectivity index (χ2n) is 4.58. The highest BCUT2D eigenvalue weighted by Gasteiger charge is 2.22. The lowest BCUT2D eigenvalue weighted by Crippen LogP contribution is -2.28. The smallest absolute Gasteiger partial charge is 0.167 e. The molecule has 0 fully saturated rings. The fraction of sp³-hybridized carbons (Fsp3) is 0.385. The molecule has 0 radical (unpaired) electrons. The number of aromatic nitrogens is 2. The summed E-state index contributed by atoms with van der Waals surface area (Å²) in [6.07, 6.45) is 1.63. The summed E-state index contributed by atoms with van der Waals surface area (Å²) in [5, 5.41) is 0. The molecule has 2 rings (SSSR count). The third kappa shape index (κ3) is 2.22. The Morgan fingerprint density at radius 1 is 1.47 bits per heavy atom. The number of nitrogens with one attached hydrogen (secondary N) is 1. The van der Waals surface area contributed by atoms with Gasteiger partial charge in [-0.2, -0.15) is 0 Å². The van der Waals surface area contributed by atoms with Gasteiger partial charge in [-0.15, -0.1) is 0 Å². The Hall–Kier alpha value is -1.68. The Bertz CT molecular complexity index is 530. The predicted octanol–water partition coefficient (Wildman–Crippen LogP) is 1.98. The van der Waals surface area contributed by atoms with E-state index in [0.717, 1.165) is 11.0 Å². The fourth-order valence-corrected chi connectivity index (χ4v) is 1.98. The molecule has 3 N–H and O–H groups in total. The molecular weight excluding hydrogens is 214 g/mol. The van der Waals surface area contributed by atoms with Gasteiger partial charge in [-0.05, 0) is 24.1 Å². The van der Waals surface area contributed by atoms with Crippen molar-refractivity contribution in [2.24, 2.45) is 17.6 Å². The monoisotopic (exact) mass is 231 g/mol. The van der Waals surface area contributed by atoms with E-state index in [2.05, 4.69) is 9.97 Å². The molecule has 1 atom stereocenters. The second-order valence-corrected chi connectivity index (χ2v) is 4.58. The number of hydrogen-bond acceptors (Lipinski definition) is 3. The van der Waals surface area contributed by atoms with Gasteiger partial charge in [-0.25, -0.2) is 4.98 Å². The summed E-state index contributed by atoms with van der Waals surface area (Å²) in [5.74, 6) is 0.249. The molecule has 0 saturated heterocycles. The predicted molar refractivity (Wildman–Crippen MR) is 67.8 cm³/mol. The van der Waals surface area contributed by atoms with Crippen LogP contribution in [0.4, 0.5) is 0 Å². The van der Waals surface area contributed by atoms with E-state index in [9.17, 15) is 4.79 Å². The van der Waals surface area contributed by atoms with Gasteiger partial charge in [0.25, 0.3) is 0 Å².